The maximum atomic E-state index is 12.1. The highest BCUT2D eigenvalue weighted by molar-refractivity contribution is 6.01. The SMILES string of the molecule is C[C@@H]1C[C@@H](C)CN(CC(=O)NC(=O)Nc2ccc3c(c2)OCCO3)C1. The van der Waals surface area contributed by atoms with E-state index in [2.05, 4.69) is 29.4 Å². The van der Waals surface area contributed by atoms with Crippen LogP contribution in [0, 0.1) is 11.8 Å². The first-order valence-electron chi connectivity index (χ1n) is 8.72. The van der Waals surface area contributed by atoms with Gasteiger partial charge in [0.25, 0.3) is 0 Å². The van der Waals surface area contributed by atoms with E-state index < -0.39 is 6.03 Å². The highest BCUT2D eigenvalue weighted by Gasteiger charge is 2.23. The molecule has 2 atom stereocenters. The Hall–Kier alpha value is -2.28. The summed E-state index contributed by atoms with van der Waals surface area (Å²) in [7, 11) is 0. The third-order valence-electron chi connectivity index (χ3n) is 4.36. The second kappa shape index (κ2) is 7.74. The topological polar surface area (TPSA) is 79.9 Å². The molecule has 7 heteroatoms. The van der Waals surface area contributed by atoms with E-state index in [9.17, 15) is 9.59 Å². The van der Waals surface area contributed by atoms with Crippen LogP contribution in [0.4, 0.5) is 10.5 Å². The van der Waals surface area contributed by atoms with E-state index in [-0.39, 0.29) is 12.5 Å². The van der Waals surface area contributed by atoms with Crippen LogP contribution in [-0.4, -0.2) is 49.7 Å². The summed E-state index contributed by atoms with van der Waals surface area (Å²) in [5.41, 5.74) is 0.551. The lowest BCUT2D eigenvalue weighted by Gasteiger charge is -2.34. The molecule has 2 aliphatic heterocycles. The minimum absolute atomic E-state index is 0.239. The second-order valence-electron chi connectivity index (χ2n) is 7.00. The molecule has 7 nitrogen and oxygen atoms in total. The maximum absolute atomic E-state index is 12.1. The largest absolute Gasteiger partial charge is 0.486 e. The van der Waals surface area contributed by atoms with E-state index in [4.69, 9.17) is 9.47 Å². The van der Waals surface area contributed by atoms with Gasteiger partial charge in [0.15, 0.2) is 11.5 Å². The summed E-state index contributed by atoms with van der Waals surface area (Å²) in [6.07, 6.45) is 1.18. The molecule has 1 fully saturated rings. The number of piperidine rings is 1. The number of ether oxygens (including phenoxy) is 2. The molecule has 3 rings (SSSR count). The fourth-order valence-corrected chi connectivity index (χ4v) is 3.57. The van der Waals surface area contributed by atoms with Crippen LogP contribution in [0.3, 0.4) is 0 Å². The molecule has 2 heterocycles. The van der Waals surface area contributed by atoms with Gasteiger partial charge in [0.05, 0.1) is 6.54 Å². The number of carbonyl (C=O) groups is 2. The predicted molar refractivity (Wildman–Crippen MR) is 94.0 cm³/mol. The summed E-state index contributed by atoms with van der Waals surface area (Å²) < 4.78 is 10.9. The summed E-state index contributed by atoms with van der Waals surface area (Å²) >= 11 is 0. The molecular formula is C18H25N3O4. The minimum Gasteiger partial charge on any atom is -0.486 e. The van der Waals surface area contributed by atoms with E-state index in [0.29, 0.717) is 42.2 Å². The van der Waals surface area contributed by atoms with Gasteiger partial charge in [-0.25, -0.2) is 4.79 Å². The molecule has 1 aromatic rings. The highest BCUT2D eigenvalue weighted by Crippen LogP contribution is 2.32. The molecule has 0 spiro atoms. The van der Waals surface area contributed by atoms with Crippen LogP contribution in [-0.2, 0) is 4.79 Å². The molecule has 0 aromatic heterocycles. The maximum Gasteiger partial charge on any atom is 0.325 e. The average molecular weight is 347 g/mol. The van der Waals surface area contributed by atoms with Gasteiger partial charge in [-0.1, -0.05) is 13.8 Å². The van der Waals surface area contributed by atoms with E-state index in [1.807, 2.05) is 0 Å². The Morgan fingerprint density at radius 3 is 2.52 bits per heavy atom. The van der Waals surface area contributed by atoms with Crippen molar-refractivity contribution in [1.29, 1.82) is 0 Å². The Morgan fingerprint density at radius 1 is 1.12 bits per heavy atom. The zero-order valence-corrected chi connectivity index (χ0v) is 14.7. The highest BCUT2D eigenvalue weighted by atomic mass is 16.6. The van der Waals surface area contributed by atoms with Gasteiger partial charge in [0.1, 0.15) is 13.2 Å². The monoisotopic (exact) mass is 347 g/mol. The molecule has 0 radical (unpaired) electrons. The van der Waals surface area contributed by atoms with Gasteiger partial charge in [0, 0.05) is 24.8 Å². The van der Waals surface area contributed by atoms with E-state index >= 15 is 0 Å². The summed E-state index contributed by atoms with van der Waals surface area (Å²) in [5.74, 6) is 2.09. The van der Waals surface area contributed by atoms with Crippen LogP contribution >= 0.6 is 0 Å². The molecule has 2 aliphatic rings. The summed E-state index contributed by atoms with van der Waals surface area (Å²) in [6, 6.07) is 4.60. The van der Waals surface area contributed by atoms with Crippen molar-refractivity contribution in [1.82, 2.24) is 10.2 Å². The van der Waals surface area contributed by atoms with Gasteiger partial charge in [-0.2, -0.15) is 0 Å². The first kappa shape index (κ1) is 17.5. The quantitative estimate of drug-likeness (QED) is 0.875. The molecule has 0 unspecified atom stereocenters. The number of anilines is 1. The van der Waals surface area contributed by atoms with Crippen LogP contribution < -0.4 is 20.1 Å². The number of likely N-dealkylation sites (tertiary alicyclic amines) is 1. The second-order valence-corrected chi connectivity index (χ2v) is 7.00. The number of nitrogens with one attached hydrogen (secondary N) is 2. The van der Waals surface area contributed by atoms with E-state index in [0.717, 1.165) is 13.1 Å². The summed E-state index contributed by atoms with van der Waals surface area (Å²) in [6.45, 7) is 7.40. The van der Waals surface area contributed by atoms with Crippen molar-refractivity contribution >= 4 is 17.6 Å². The molecular weight excluding hydrogens is 322 g/mol. The van der Waals surface area contributed by atoms with Crippen LogP contribution in [0.2, 0.25) is 0 Å². The van der Waals surface area contributed by atoms with Crippen LogP contribution in [0.15, 0.2) is 18.2 Å². The number of hydrogen-bond donors (Lipinski definition) is 2. The number of hydrogen-bond acceptors (Lipinski definition) is 5. The fourth-order valence-electron chi connectivity index (χ4n) is 3.57. The number of urea groups is 1. The molecule has 3 amide bonds. The summed E-state index contributed by atoms with van der Waals surface area (Å²) in [4.78, 5) is 26.2. The number of carbonyl (C=O) groups excluding carboxylic acids is 2. The molecule has 0 saturated carbocycles. The minimum atomic E-state index is -0.542. The Labute approximate surface area is 147 Å². The van der Waals surface area contributed by atoms with Crippen LogP contribution in [0.5, 0.6) is 11.5 Å². The van der Waals surface area contributed by atoms with Crippen molar-refractivity contribution in [3.63, 3.8) is 0 Å². The Kier molecular flexibility index (Phi) is 5.43. The lowest BCUT2D eigenvalue weighted by Crippen LogP contribution is -2.46. The first-order valence-corrected chi connectivity index (χ1v) is 8.72. The first-order chi connectivity index (χ1) is 12.0. The molecule has 25 heavy (non-hydrogen) atoms. The molecule has 0 bridgehead atoms. The fraction of sp³-hybridized carbons (Fsp3) is 0.556. The van der Waals surface area contributed by atoms with Crippen molar-refractivity contribution in [2.45, 2.75) is 20.3 Å². The van der Waals surface area contributed by atoms with Gasteiger partial charge in [-0.15, -0.1) is 0 Å². The van der Waals surface area contributed by atoms with Crippen molar-refractivity contribution in [2.75, 3.05) is 38.2 Å². The Bertz CT molecular complexity index is 639. The lowest BCUT2D eigenvalue weighted by atomic mass is 9.92. The zero-order chi connectivity index (χ0) is 17.8. The number of benzene rings is 1. The van der Waals surface area contributed by atoms with Crippen LogP contribution in [0.25, 0.3) is 0 Å². The molecule has 1 aromatic carbocycles. The standard InChI is InChI=1S/C18H25N3O4/c1-12-7-13(2)10-21(9-12)11-17(22)20-18(23)19-14-3-4-15-16(8-14)25-6-5-24-15/h3-4,8,12-13H,5-7,9-11H2,1-2H3,(H2,19,20,22,23)/t12-,13-/m1/s1. The Balaban J connectivity index is 1.49. The zero-order valence-electron chi connectivity index (χ0n) is 14.7. The molecule has 2 N–H and O–H groups in total. The average Bonchev–Trinajstić information content (AvgIpc) is 2.53. The predicted octanol–water partition coefficient (Wildman–Crippen LogP) is 2.08. The molecule has 136 valence electrons. The van der Waals surface area contributed by atoms with Crippen molar-refractivity contribution in [3.05, 3.63) is 18.2 Å². The molecule has 1 saturated heterocycles. The smallest absolute Gasteiger partial charge is 0.325 e. The van der Waals surface area contributed by atoms with E-state index in [1.165, 1.54) is 6.42 Å². The number of amides is 3. The number of imide groups is 1. The van der Waals surface area contributed by atoms with Crippen molar-refractivity contribution in [3.8, 4) is 11.5 Å². The van der Waals surface area contributed by atoms with Gasteiger partial charge < -0.3 is 14.8 Å². The van der Waals surface area contributed by atoms with Crippen molar-refractivity contribution < 1.29 is 19.1 Å². The number of fused-ring (bicyclic) bond motifs is 1. The van der Waals surface area contributed by atoms with E-state index in [1.54, 1.807) is 18.2 Å². The Morgan fingerprint density at radius 2 is 1.80 bits per heavy atom. The van der Waals surface area contributed by atoms with Crippen molar-refractivity contribution in [2.24, 2.45) is 11.8 Å². The number of rotatable bonds is 3. The van der Waals surface area contributed by atoms with Gasteiger partial charge >= 0.3 is 6.03 Å². The summed E-state index contributed by atoms with van der Waals surface area (Å²) in [5, 5.41) is 5.04. The lowest BCUT2D eigenvalue weighted by molar-refractivity contribution is -0.121. The molecule has 0 aliphatic carbocycles. The van der Waals surface area contributed by atoms with Gasteiger partial charge in [0.2, 0.25) is 5.91 Å². The number of nitrogens with zero attached hydrogens (tertiary/aromatic N) is 1. The normalized spacial score (nSPS) is 23.0. The van der Waals surface area contributed by atoms with Crippen LogP contribution in [0.1, 0.15) is 20.3 Å². The van der Waals surface area contributed by atoms with Gasteiger partial charge in [-0.3, -0.25) is 15.0 Å². The van der Waals surface area contributed by atoms with Gasteiger partial charge in [-0.05, 0) is 30.4 Å². The third-order valence-corrected chi connectivity index (χ3v) is 4.36. The third kappa shape index (κ3) is 4.85.